The molecule has 1 heterocycles. The van der Waals surface area contributed by atoms with Crippen molar-refractivity contribution < 1.29 is 9.47 Å². The lowest BCUT2D eigenvalue weighted by atomic mass is 10.2. The van der Waals surface area contributed by atoms with Gasteiger partial charge >= 0.3 is 0 Å². The number of benzene rings is 1. The van der Waals surface area contributed by atoms with Crippen molar-refractivity contribution in [3.63, 3.8) is 0 Å². The van der Waals surface area contributed by atoms with Crippen molar-refractivity contribution in [1.82, 2.24) is 4.98 Å². The van der Waals surface area contributed by atoms with Crippen molar-refractivity contribution in [1.29, 1.82) is 0 Å². The minimum Gasteiger partial charge on any atom is -0.490 e. The smallest absolute Gasteiger partial charge is 0.161 e. The lowest BCUT2D eigenvalue weighted by Gasteiger charge is -2.12. The van der Waals surface area contributed by atoms with Gasteiger partial charge in [-0.3, -0.25) is 4.98 Å². The topological polar surface area (TPSA) is 31.4 Å². The molecular weight excluding hydrogens is 262 g/mol. The van der Waals surface area contributed by atoms with Crippen molar-refractivity contribution in [3.8, 4) is 11.5 Å². The molecule has 0 unspecified atom stereocenters. The Balaban J connectivity index is 2.10. The monoisotopic (exact) mass is 277 g/mol. The van der Waals surface area contributed by atoms with Gasteiger partial charge in [0.2, 0.25) is 0 Å². The summed E-state index contributed by atoms with van der Waals surface area (Å²) in [6, 6.07) is 9.60. The van der Waals surface area contributed by atoms with Crippen LogP contribution in [0.1, 0.15) is 18.1 Å². The van der Waals surface area contributed by atoms with Crippen LogP contribution in [0.15, 0.2) is 42.7 Å². The number of halogens is 1. The number of hydrogen-bond donors (Lipinski definition) is 0. The second-order valence-corrected chi connectivity index (χ2v) is 4.26. The van der Waals surface area contributed by atoms with Gasteiger partial charge in [0.1, 0.15) is 6.61 Å². The molecule has 0 spiro atoms. The Morgan fingerprint density at radius 1 is 1.00 bits per heavy atom. The van der Waals surface area contributed by atoms with Gasteiger partial charge in [-0.05, 0) is 42.3 Å². The predicted octanol–water partition coefficient (Wildman–Crippen LogP) is 3.80. The first kappa shape index (κ1) is 13.7. The second-order valence-electron chi connectivity index (χ2n) is 3.99. The zero-order valence-corrected chi connectivity index (χ0v) is 11.6. The summed E-state index contributed by atoms with van der Waals surface area (Å²) < 4.78 is 11.4. The van der Waals surface area contributed by atoms with Gasteiger partial charge in [0.15, 0.2) is 11.5 Å². The molecule has 3 nitrogen and oxygen atoms in total. The van der Waals surface area contributed by atoms with Crippen LogP contribution in [-0.2, 0) is 12.5 Å². The molecule has 0 radical (unpaired) electrons. The average Bonchev–Trinajstić information content (AvgIpc) is 2.47. The van der Waals surface area contributed by atoms with E-state index in [1.165, 1.54) is 0 Å². The Labute approximate surface area is 118 Å². The zero-order valence-electron chi connectivity index (χ0n) is 10.8. The molecular formula is C15H16ClNO2. The SMILES string of the molecule is CCOc1cc(CCl)ccc1OCc1ccncc1. The summed E-state index contributed by atoms with van der Waals surface area (Å²) in [5.74, 6) is 1.92. The maximum atomic E-state index is 5.82. The zero-order chi connectivity index (χ0) is 13.5. The van der Waals surface area contributed by atoms with E-state index in [1.54, 1.807) is 12.4 Å². The third-order valence-electron chi connectivity index (χ3n) is 2.61. The highest BCUT2D eigenvalue weighted by molar-refractivity contribution is 6.17. The number of alkyl halides is 1. The van der Waals surface area contributed by atoms with E-state index in [9.17, 15) is 0 Å². The van der Waals surface area contributed by atoms with E-state index in [4.69, 9.17) is 21.1 Å². The summed E-state index contributed by atoms with van der Waals surface area (Å²) in [5, 5.41) is 0. The fourth-order valence-corrected chi connectivity index (χ4v) is 1.83. The van der Waals surface area contributed by atoms with Crippen LogP contribution in [0.25, 0.3) is 0 Å². The van der Waals surface area contributed by atoms with Gasteiger partial charge in [0.25, 0.3) is 0 Å². The minimum atomic E-state index is 0.463. The molecule has 0 aliphatic heterocycles. The highest BCUT2D eigenvalue weighted by atomic mass is 35.5. The summed E-state index contributed by atoms with van der Waals surface area (Å²) in [6.07, 6.45) is 3.50. The number of hydrogen-bond acceptors (Lipinski definition) is 3. The van der Waals surface area contributed by atoms with Crippen LogP contribution in [0.2, 0.25) is 0 Å². The van der Waals surface area contributed by atoms with Gasteiger partial charge in [0.05, 0.1) is 6.61 Å². The molecule has 1 aromatic heterocycles. The molecule has 0 bridgehead atoms. The second kappa shape index (κ2) is 7.00. The molecule has 100 valence electrons. The molecule has 0 aliphatic rings. The van der Waals surface area contributed by atoms with Crippen molar-refractivity contribution in [3.05, 3.63) is 53.9 Å². The summed E-state index contributed by atoms with van der Waals surface area (Å²) in [6.45, 7) is 3.03. The lowest BCUT2D eigenvalue weighted by Crippen LogP contribution is -2.00. The first-order valence-corrected chi connectivity index (χ1v) is 6.70. The first-order chi connectivity index (χ1) is 9.33. The fourth-order valence-electron chi connectivity index (χ4n) is 1.66. The van der Waals surface area contributed by atoms with Gasteiger partial charge in [-0.2, -0.15) is 0 Å². The van der Waals surface area contributed by atoms with Gasteiger partial charge in [-0.15, -0.1) is 11.6 Å². The molecule has 1 aromatic carbocycles. The molecule has 0 saturated carbocycles. The van der Waals surface area contributed by atoms with E-state index in [1.807, 2.05) is 37.3 Å². The van der Waals surface area contributed by atoms with Gasteiger partial charge in [0, 0.05) is 18.3 Å². The van der Waals surface area contributed by atoms with Gasteiger partial charge < -0.3 is 9.47 Å². The molecule has 19 heavy (non-hydrogen) atoms. The third-order valence-corrected chi connectivity index (χ3v) is 2.91. The third kappa shape index (κ3) is 3.86. The Bertz CT molecular complexity index is 517. The number of aromatic nitrogens is 1. The number of ether oxygens (including phenoxy) is 2. The maximum absolute atomic E-state index is 5.82. The molecule has 0 saturated heterocycles. The molecule has 2 rings (SSSR count). The highest BCUT2D eigenvalue weighted by Gasteiger charge is 2.06. The number of rotatable bonds is 6. The molecule has 0 N–H and O–H groups in total. The normalized spacial score (nSPS) is 10.2. The standard InChI is InChI=1S/C15H16ClNO2/c1-2-18-15-9-13(10-16)3-4-14(15)19-11-12-5-7-17-8-6-12/h3-9H,2,10-11H2,1H3. The fraction of sp³-hybridized carbons (Fsp3) is 0.267. The van der Waals surface area contributed by atoms with Crippen molar-refractivity contribution >= 4 is 11.6 Å². The summed E-state index contributed by atoms with van der Waals surface area (Å²) >= 11 is 5.82. The summed E-state index contributed by atoms with van der Waals surface area (Å²) in [4.78, 5) is 3.98. The number of nitrogens with zero attached hydrogens (tertiary/aromatic N) is 1. The first-order valence-electron chi connectivity index (χ1n) is 6.17. The summed E-state index contributed by atoms with van der Waals surface area (Å²) in [7, 11) is 0. The molecule has 2 aromatic rings. The van der Waals surface area contributed by atoms with Crippen molar-refractivity contribution in [2.45, 2.75) is 19.4 Å². The Kier molecular flexibility index (Phi) is 5.04. The molecule has 4 heteroatoms. The van der Waals surface area contributed by atoms with Gasteiger partial charge in [-0.1, -0.05) is 6.07 Å². The van der Waals surface area contributed by atoms with Gasteiger partial charge in [-0.25, -0.2) is 0 Å². The highest BCUT2D eigenvalue weighted by Crippen LogP contribution is 2.29. The van der Waals surface area contributed by atoms with Crippen molar-refractivity contribution in [2.24, 2.45) is 0 Å². The van der Waals surface area contributed by atoms with E-state index < -0.39 is 0 Å². The van der Waals surface area contributed by atoms with E-state index >= 15 is 0 Å². The summed E-state index contributed by atoms with van der Waals surface area (Å²) in [5.41, 5.74) is 2.08. The van der Waals surface area contributed by atoms with Crippen molar-refractivity contribution in [2.75, 3.05) is 6.61 Å². The largest absolute Gasteiger partial charge is 0.490 e. The quantitative estimate of drug-likeness (QED) is 0.753. The molecule has 0 aliphatic carbocycles. The van der Waals surface area contributed by atoms with Crippen LogP contribution < -0.4 is 9.47 Å². The van der Waals surface area contributed by atoms with Crippen LogP contribution in [0.3, 0.4) is 0 Å². The van der Waals surface area contributed by atoms with E-state index in [0.717, 1.165) is 22.6 Å². The Hall–Kier alpha value is -1.74. The lowest BCUT2D eigenvalue weighted by molar-refractivity contribution is 0.269. The minimum absolute atomic E-state index is 0.463. The van der Waals surface area contributed by atoms with Crippen LogP contribution >= 0.6 is 11.6 Å². The molecule has 0 fully saturated rings. The predicted molar refractivity (Wildman–Crippen MR) is 75.7 cm³/mol. The maximum Gasteiger partial charge on any atom is 0.161 e. The average molecular weight is 278 g/mol. The van der Waals surface area contributed by atoms with E-state index in [0.29, 0.717) is 19.1 Å². The van der Waals surface area contributed by atoms with E-state index in [-0.39, 0.29) is 0 Å². The molecule has 0 amide bonds. The Morgan fingerprint density at radius 3 is 2.47 bits per heavy atom. The Morgan fingerprint density at radius 2 is 1.79 bits per heavy atom. The van der Waals surface area contributed by atoms with Crippen LogP contribution in [0.5, 0.6) is 11.5 Å². The number of pyridine rings is 1. The van der Waals surface area contributed by atoms with Crippen LogP contribution in [-0.4, -0.2) is 11.6 Å². The van der Waals surface area contributed by atoms with Crippen LogP contribution in [0, 0.1) is 0 Å². The van der Waals surface area contributed by atoms with Crippen LogP contribution in [0.4, 0.5) is 0 Å². The van der Waals surface area contributed by atoms with E-state index in [2.05, 4.69) is 4.98 Å². The molecule has 0 atom stereocenters.